The van der Waals surface area contributed by atoms with Gasteiger partial charge in [-0.05, 0) is 50.8 Å². The molecule has 6 rings (SSSR count). The zero-order chi connectivity index (χ0) is 31.9. The molecule has 2 N–H and O–H groups in total. The molecule has 3 aliphatic rings. The maximum absolute atomic E-state index is 13.2. The molecule has 2 saturated heterocycles. The second-order valence-corrected chi connectivity index (χ2v) is 11.8. The minimum absolute atomic E-state index is 0.0100. The third-order valence-corrected chi connectivity index (χ3v) is 8.39. The highest BCUT2D eigenvalue weighted by Gasteiger charge is 2.42. The van der Waals surface area contributed by atoms with Crippen LogP contribution in [0, 0.1) is 5.41 Å². The first-order valence-electron chi connectivity index (χ1n) is 14.5. The summed E-state index contributed by atoms with van der Waals surface area (Å²) in [6.45, 7) is 7.71. The smallest absolute Gasteiger partial charge is 0.379 e. The molecule has 0 saturated carbocycles. The number of rotatable bonds is 7. The fourth-order valence-electron chi connectivity index (χ4n) is 5.69. The maximum Gasteiger partial charge on any atom is 0.416 e. The summed E-state index contributed by atoms with van der Waals surface area (Å²) in [5, 5.41) is 5.82. The number of alkyl halides is 3. The summed E-state index contributed by atoms with van der Waals surface area (Å²) in [5.74, 6) is 0.505. The quantitative estimate of drug-likeness (QED) is 0.385. The molecule has 0 spiro atoms. The number of amides is 2. The number of carbonyl (C=O) groups excluding carboxylic acids is 2. The molecule has 11 nitrogen and oxygen atoms in total. The van der Waals surface area contributed by atoms with Gasteiger partial charge in [-0.2, -0.15) is 13.2 Å². The number of allylic oxidation sites excluding steroid dienone is 2. The molecule has 2 aromatic heterocycles. The minimum Gasteiger partial charge on any atom is -0.379 e. The Morgan fingerprint density at radius 3 is 2.60 bits per heavy atom. The molecule has 2 amide bonds. The first-order chi connectivity index (χ1) is 21.5. The maximum atomic E-state index is 13.2. The fourth-order valence-corrected chi connectivity index (χ4v) is 5.69. The number of halogens is 3. The van der Waals surface area contributed by atoms with Gasteiger partial charge in [0, 0.05) is 55.9 Å². The van der Waals surface area contributed by atoms with E-state index in [0.717, 1.165) is 31.5 Å². The van der Waals surface area contributed by atoms with Crippen LogP contribution in [0.25, 0.3) is 16.8 Å². The number of hydrogen-bond donors (Lipinski definition) is 2. The summed E-state index contributed by atoms with van der Waals surface area (Å²) in [6, 6.07) is 6.58. The number of ether oxygens (including phenoxy) is 1. The minimum atomic E-state index is -4.52. The number of hydrogen-bond acceptors (Lipinski definition) is 8. The molecule has 14 heteroatoms. The lowest BCUT2D eigenvalue weighted by Crippen LogP contribution is -2.57. The fraction of sp³-hybridized carbons (Fsp3) is 0.387. The molecule has 5 heterocycles. The lowest BCUT2D eigenvalue weighted by atomic mass is 9.87. The summed E-state index contributed by atoms with van der Waals surface area (Å²) in [7, 11) is 1.58. The van der Waals surface area contributed by atoms with E-state index in [1.807, 2.05) is 11.3 Å². The van der Waals surface area contributed by atoms with E-state index < -0.39 is 29.2 Å². The summed E-state index contributed by atoms with van der Waals surface area (Å²) >= 11 is 0. The van der Waals surface area contributed by atoms with Crippen molar-refractivity contribution < 1.29 is 27.5 Å². The molecule has 0 bridgehead atoms. The Morgan fingerprint density at radius 1 is 1.18 bits per heavy atom. The van der Waals surface area contributed by atoms with E-state index >= 15 is 0 Å². The van der Waals surface area contributed by atoms with E-state index in [4.69, 9.17) is 9.72 Å². The van der Waals surface area contributed by atoms with Crippen LogP contribution in [0.2, 0.25) is 0 Å². The first-order valence-corrected chi connectivity index (χ1v) is 14.5. The van der Waals surface area contributed by atoms with Gasteiger partial charge >= 0.3 is 6.18 Å². The van der Waals surface area contributed by atoms with E-state index in [2.05, 4.69) is 32.2 Å². The Morgan fingerprint density at radius 2 is 1.93 bits per heavy atom. The largest absolute Gasteiger partial charge is 0.416 e. The summed E-state index contributed by atoms with van der Waals surface area (Å²) in [4.78, 5) is 42.9. The highest BCUT2D eigenvalue weighted by atomic mass is 19.4. The highest BCUT2D eigenvalue weighted by molar-refractivity contribution is 5.96. The van der Waals surface area contributed by atoms with Crippen LogP contribution in [0.3, 0.4) is 0 Å². The Kier molecular flexibility index (Phi) is 7.85. The van der Waals surface area contributed by atoms with Gasteiger partial charge in [0.2, 0.25) is 11.9 Å². The topological polar surface area (TPSA) is 116 Å². The Bertz CT molecular complexity index is 1690. The predicted molar refractivity (Wildman–Crippen MR) is 162 cm³/mol. The second-order valence-electron chi connectivity index (χ2n) is 11.8. The Hall–Kier alpha value is -4.72. The number of fused-ring (bicyclic) bond motifs is 1. The van der Waals surface area contributed by atoms with Crippen LogP contribution in [-0.2, 0) is 9.53 Å². The van der Waals surface area contributed by atoms with Gasteiger partial charge in [0.25, 0.3) is 5.91 Å². The second kappa shape index (κ2) is 11.7. The van der Waals surface area contributed by atoms with E-state index in [1.165, 1.54) is 11.1 Å². The first kappa shape index (κ1) is 30.3. The lowest BCUT2D eigenvalue weighted by Gasteiger charge is -2.39. The summed E-state index contributed by atoms with van der Waals surface area (Å²) in [6.07, 6.45) is 2.85. The van der Waals surface area contributed by atoms with Crippen molar-refractivity contribution in [1.82, 2.24) is 29.9 Å². The molecule has 2 unspecified atom stereocenters. The summed E-state index contributed by atoms with van der Waals surface area (Å²) < 4.78 is 46.8. The number of carbonyl (C=O) groups is 2. The van der Waals surface area contributed by atoms with Crippen LogP contribution >= 0.6 is 0 Å². The number of piperidine rings is 1. The van der Waals surface area contributed by atoms with Crippen LogP contribution in [0.1, 0.15) is 30.1 Å². The van der Waals surface area contributed by atoms with Crippen LogP contribution < -0.4 is 15.5 Å². The van der Waals surface area contributed by atoms with Gasteiger partial charge in [0.1, 0.15) is 17.4 Å². The Labute approximate surface area is 257 Å². The van der Waals surface area contributed by atoms with Crippen molar-refractivity contribution in [3.63, 3.8) is 0 Å². The van der Waals surface area contributed by atoms with Crippen molar-refractivity contribution >= 4 is 35.8 Å². The van der Waals surface area contributed by atoms with Crippen molar-refractivity contribution in [2.45, 2.75) is 38.1 Å². The number of nitrogens with one attached hydrogen (secondary N) is 2. The van der Waals surface area contributed by atoms with Crippen LogP contribution in [-0.4, -0.2) is 89.5 Å². The van der Waals surface area contributed by atoms with E-state index in [1.54, 1.807) is 43.7 Å². The molecule has 3 aromatic rings. The monoisotopic (exact) mass is 622 g/mol. The van der Waals surface area contributed by atoms with E-state index in [0.29, 0.717) is 48.3 Å². The number of benzene rings is 1. The van der Waals surface area contributed by atoms with Gasteiger partial charge in [-0.1, -0.05) is 12.1 Å². The zero-order valence-electron chi connectivity index (χ0n) is 24.8. The molecular weight excluding hydrogens is 589 g/mol. The van der Waals surface area contributed by atoms with Crippen LogP contribution in [0.5, 0.6) is 0 Å². The van der Waals surface area contributed by atoms with E-state index in [9.17, 15) is 22.8 Å². The van der Waals surface area contributed by atoms with Gasteiger partial charge in [-0.15, -0.1) is 0 Å². The van der Waals surface area contributed by atoms with Crippen LogP contribution in [0.15, 0.2) is 65.6 Å². The number of aromatic nitrogens is 3. The zero-order valence-corrected chi connectivity index (χ0v) is 24.8. The Balaban J connectivity index is 1.25. The van der Waals surface area contributed by atoms with Gasteiger partial charge in [-0.3, -0.25) is 14.0 Å². The molecule has 0 aliphatic carbocycles. The van der Waals surface area contributed by atoms with Gasteiger partial charge in [0.05, 0.1) is 24.2 Å². The summed E-state index contributed by atoms with van der Waals surface area (Å²) in [5.41, 5.74) is 0.838. The van der Waals surface area contributed by atoms with Crippen molar-refractivity contribution in [2.24, 2.45) is 10.4 Å². The van der Waals surface area contributed by atoms with Gasteiger partial charge in [-0.25, -0.2) is 15.0 Å². The molecule has 236 valence electrons. The van der Waals surface area contributed by atoms with Crippen molar-refractivity contribution in [3.05, 3.63) is 66.1 Å². The number of nitrogens with zero attached hydrogens (tertiary/aromatic N) is 6. The number of anilines is 1. The molecule has 0 radical (unpaired) electrons. The van der Waals surface area contributed by atoms with Crippen molar-refractivity contribution in [3.8, 4) is 11.3 Å². The normalized spacial score (nSPS) is 21.2. The molecular formula is C31H33F3N8O3. The number of aliphatic imine (C=N–C) groups is 1. The number of imidazole rings is 1. The average Bonchev–Trinajstić information content (AvgIpc) is 3.40. The number of likely N-dealkylation sites (N-methyl/N-ethyl adjacent to an activating group) is 1. The predicted octanol–water partition coefficient (Wildman–Crippen LogP) is 3.85. The van der Waals surface area contributed by atoms with Gasteiger partial charge in [0.15, 0.2) is 5.82 Å². The SMILES string of the molecule is C=Nc1nccn2c(N3CCCC(NC(=O)C4(C)COC4)C3)nc(-c3ccc(C(=O)NC4C=C(C(F)(F)F)C=CN4C)cc3)c12. The molecule has 45 heavy (non-hydrogen) atoms. The molecule has 3 aliphatic heterocycles. The van der Waals surface area contributed by atoms with Gasteiger partial charge < -0.3 is 25.2 Å². The third kappa shape index (κ3) is 5.89. The highest BCUT2D eigenvalue weighted by Crippen LogP contribution is 2.35. The molecule has 1 aromatic carbocycles. The molecule has 2 fully saturated rings. The van der Waals surface area contributed by atoms with E-state index in [-0.39, 0.29) is 17.5 Å². The standard InChI is InChI=1S/C31H33F3N8O3/c1-30(17-45-18-30)28(44)37-22-5-4-12-41(16-22)29-39-24(25-26(35-2)36-11-14-42(25)29)19-6-8-20(9-7-19)27(43)38-23-15-21(31(32,33)34)10-13-40(23)3/h6-11,13-15,22-23H,2,4-5,12,16-18H2,1,3H3,(H,37,44)(H,38,43). The third-order valence-electron chi connectivity index (χ3n) is 8.39. The average molecular weight is 623 g/mol. The van der Waals surface area contributed by atoms with Crippen molar-refractivity contribution in [2.75, 3.05) is 38.3 Å². The van der Waals surface area contributed by atoms with Crippen molar-refractivity contribution in [1.29, 1.82) is 0 Å². The molecule has 2 atom stereocenters. The van der Waals surface area contributed by atoms with Crippen LogP contribution in [0.4, 0.5) is 24.9 Å². The lowest BCUT2D eigenvalue weighted by molar-refractivity contribution is -0.158.